The van der Waals surface area contributed by atoms with Crippen molar-refractivity contribution in [3.8, 4) is 11.7 Å². The molecule has 1 aliphatic rings. The number of ether oxygens (including phenoxy) is 1. The number of nitrogens with one attached hydrogen (secondary N) is 1. The number of benzene rings is 1. The van der Waals surface area contributed by atoms with E-state index in [1.54, 1.807) is 7.11 Å². The highest BCUT2D eigenvalue weighted by molar-refractivity contribution is 8.76. The molecule has 5 nitrogen and oxygen atoms in total. The largest absolute Gasteiger partial charge is 1.00 e. The first kappa shape index (κ1) is 30.8. The van der Waals surface area contributed by atoms with E-state index in [0.717, 1.165) is 57.3 Å². The van der Waals surface area contributed by atoms with E-state index in [1.165, 1.54) is 0 Å². The minimum absolute atomic E-state index is 0. The Labute approximate surface area is 242 Å². The third-order valence-corrected chi connectivity index (χ3v) is 10.6. The van der Waals surface area contributed by atoms with Gasteiger partial charge in [-0.05, 0) is 83.6 Å². The molecule has 2 aromatic heterocycles. The maximum absolute atomic E-state index is 13.1. The second kappa shape index (κ2) is 10.4. The minimum Gasteiger partial charge on any atom is -1.00 e. The van der Waals surface area contributed by atoms with E-state index >= 15 is 0 Å². The molecule has 1 aliphatic carbocycles. The van der Waals surface area contributed by atoms with Crippen molar-refractivity contribution in [3.63, 3.8) is 0 Å². The van der Waals surface area contributed by atoms with Crippen LogP contribution in [0.25, 0.3) is 17.0 Å². The van der Waals surface area contributed by atoms with Crippen LogP contribution in [0, 0.1) is 12.3 Å². The zero-order chi connectivity index (χ0) is 27.6. The molecule has 0 unspecified atom stereocenters. The maximum atomic E-state index is 13.1. The summed E-state index contributed by atoms with van der Waals surface area (Å²) < 4.78 is 7.98. The number of pyridine rings is 1. The van der Waals surface area contributed by atoms with Gasteiger partial charge in [-0.2, -0.15) is 0 Å². The van der Waals surface area contributed by atoms with E-state index < -0.39 is 10.8 Å². The number of halogens is 1. The van der Waals surface area contributed by atoms with E-state index in [9.17, 15) is 4.79 Å². The smallest absolute Gasteiger partial charge is 0.402 e. The fourth-order valence-corrected chi connectivity index (χ4v) is 9.03. The SMILES string of the molecule is COc1cc[n+](-c2nc3cc4c(cc3[nH]2)C(C)(C)C(=O)C4(C)C)c(CSSC(C)(C)CC(C)(C)C)c1C.[Cl-]. The lowest BCUT2D eigenvalue weighted by Gasteiger charge is -2.31. The molecule has 0 fully saturated rings. The fraction of sp³-hybridized carbons (Fsp3) is 0.567. The predicted molar refractivity (Wildman–Crippen MR) is 157 cm³/mol. The first-order valence-corrected chi connectivity index (χ1v) is 15.3. The molecular weight excluding hydrogens is 534 g/mol. The number of Topliss-reactive ketones (excluding diaryl/α,β-unsaturated/α-hetero) is 1. The van der Waals surface area contributed by atoms with E-state index in [2.05, 4.69) is 63.2 Å². The third kappa shape index (κ3) is 5.62. The van der Waals surface area contributed by atoms with Crippen molar-refractivity contribution in [1.82, 2.24) is 9.97 Å². The molecule has 38 heavy (non-hydrogen) atoms. The number of fused-ring (bicyclic) bond motifs is 2. The third-order valence-electron chi connectivity index (χ3n) is 7.44. The number of nitrogens with zero attached hydrogens (tertiary/aromatic N) is 2. The van der Waals surface area contributed by atoms with Gasteiger partial charge >= 0.3 is 5.95 Å². The number of aromatic amines is 1. The monoisotopic (exact) mass is 575 g/mol. The molecule has 208 valence electrons. The van der Waals surface area contributed by atoms with Gasteiger partial charge in [-0.25, -0.2) is 9.55 Å². The van der Waals surface area contributed by atoms with Gasteiger partial charge in [-0.15, -0.1) is 0 Å². The Morgan fingerprint density at radius 1 is 1.05 bits per heavy atom. The summed E-state index contributed by atoms with van der Waals surface area (Å²) in [4.78, 5) is 21.7. The number of ketones is 1. The van der Waals surface area contributed by atoms with Crippen molar-refractivity contribution in [2.75, 3.05) is 7.11 Å². The maximum Gasteiger partial charge on any atom is 0.402 e. The van der Waals surface area contributed by atoms with Gasteiger partial charge in [-0.3, -0.25) is 4.79 Å². The van der Waals surface area contributed by atoms with Gasteiger partial charge in [0.1, 0.15) is 17.0 Å². The van der Waals surface area contributed by atoms with Crippen LogP contribution < -0.4 is 21.7 Å². The quantitative estimate of drug-likeness (QED) is 0.334. The Morgan fingerprint density at radius 3 is 2.24 bits per heavy atom. The Balaban J connectivity index is 0.00000400. The van der Waals surface area contributed by atoms with Crippen molar-refractivity contribution in [3.05, 3.63) is 46.8 Å². The predicted octanol–water partition coefficient (Wildman–Crippen LogP) is 4.39. The summed E-state index contributed by atoms with van der Waals surface area (Å²) in [6.07, 6.45) is 3.17. The lowest BCUT2D eigenvalue weighted by molar-refractivity contribution is -0.610. The number of rotatable bonds is 7. The Morgan fingerprint density at radius 2 is 1.66 bits per heavy atom. The summed E-state index contributed by atoms with van der Waals surface area (Å²) in [6.45, 7) is 21.8. The lowest BCUT2D eigenvalue weighted by Crippen LogP contribution is -3.00. The van der Waals surface area contributed by atoms with Gasteiger partial charge < -0.3 is 17.1 Å². The van der Waals surface area contributed by atoms with Gasteiger partial charge in [0, 0.05) is 27.2 Å². The summed E-state index contributed by atoms with van der Waals surface area (Å²) in [5.41, 5.74) is 5.53. The number of methoxy groups -OCH3 is 1. The van der Waals surface area contributed by atoms with Gasteiger partial charge in [0.15, 0.2) is 11.3 Å². The first-order chi connectivity index (χ1) is 17.0. The van der Waals surface area contributed by atoms with E-state index in [1.807, 2.05) is 61.5 Å². The van der Waals surface area contributed by atoms with Crippen LogP contribution in [0.5, 0.6) is 5.75 Å². The number of carbonyl (C=O) groups excluding carboxylic acids is 1. The van der Waals surface area contributed by atoms with Crippen LogP contribution >= 0.6 is 21.6 Å². The number of hydrogen-bond acceptors (Lipinski definition) is 5. The molecule has 0 radical (unpaired) electrons. The van der Waals surface area contributed by atoms with E-state index in [-0.39, 0.29) is 28.4 Å². The Kier molecular flexibility index (Phi) is 8.41. The van der Waals surface area contributed by atoms with Crippen LogP contribution in [0.2, 0.25) is 0 Å². The summed E-state index contributed by atoms with van der Waals surface area (Å²) >= 11 is 0. The molecule has 1 N–H and O–H groups in total. The highest BCUT2D eigenvalue weighted by Gasteiger charge is 2.51. The summed E-state index contributed by atoms with van der Waals surface area (Å²) in [5.74, 6) is 2.74. The second-order valence-electron chi connectivity index (χ2n) is 13.2. The highest BCUT2D eigenvalue weighted by Crippen LogP contribution is 2.48. The van der Waals surface area contributed by atoms with Crippen LogP contribution in [0.1, 0.15) is 91.1 Å². The Hall–Kier alpha value is -1.70. The van der Waals surface area contributed by atoms with Crippen molar-refractivity contribution in [2.24, 2.45) is 5.41 Å². The molecule has 0 saturated carbocycles. The topological polar surface area (TPSA) is 58.9 Å². The molecule has 0 saturated heterocycles. The summed E-state index contributed by atoms with van der Waals surface area (Å²) in [5, 5.41) is 0. The average Bonchev–Trinajstić information content (AvgIpc) is 3.24. The van der Waals surface area contributed by atoms with Crippen molar-refractivity contribution >= 4 is 38.4 Å². The minimum atomic E-state index is -0.519. The standard InChI is InChI=1S/C30H42N3O2S2.ClH/c1-18-23(16-36-37-28(5,6)17-27(2,3)4)33(13-12-24(18)35-11)26-31-21-14-19-20(15-22(21)32-26)30(9,10)25(34)29(19,7)8;/h12-15H,16-17H2,1-11H3,(H,31,32);1H/q+1;/p-1. The van der Waals surface area contributed by atoms with Crippen LogP contribution in [0.15, 0.2) is 24.4 Å². The molecule has 0 bridgehead atoms. The molecule has 0 amide bonds. The van der Waals surface area contributed by atoms with E-state index in [4.69, 9.17) is 9.72 Å². The second-order valence-corrected chi connectivity index (χ2v) is 16.2. The number of aromatic nitrogens is 3. The van der Waals surface area contributed by atoms with Crippen molar-refractivity contribution < 1.29 is 26.5 Å². The van der Waals surface area contributed by atoms with Crippen LogP contribution in [-0.4, -0.2) is 27.6 Å². The lowest BCUT2D eigenvalue weighted by atomic mass is 9.80. The molecule has 0 spiro atoms. The number of imidazole rings is 1. The van der Waals surface area contributed by atoms with Gasteiger partial charge in [0.05, 0.1) is 19.1 Å². The number of hydrogen-bond donors (Lipinski definition) is 1. The van der Waals surface area contributed by atoms with Crippen LogP contribution in [0.4, 0.5) is 0 Å². The zero-order valence-corrected chi connectivity index (χ0v) is 27.0. The molecule has 0 atom stereocenters. The summed E-state index contributed by atoms with van der Waals surface area (Å²) in [6, 6.07) is 6.23. The zero-order valence-electron chi connectivity index (χ0n) is 24.6. The van der Waals surface area contributed by atoms with Crippen LogP contribution in [0.3, 0.4) is 0 Å². The van der Waals surface area contributed by atoms with Gasteiger partial charge in [-0.1, -0.05) is 47.3 Å². The fourth-order valence-electron chi connectivity index (χ4n) is 6.05. The first-order valence-electron chi connectivity index (χ1n) is 13.0. The summed E-state index contributed by atoms with van der Waals surface area (Å²) in [7, 11) is 5.55. The number of H-pyrrole nitrogens is 1. The van der Waals surface area contributed by atoms with Gasteiger partial charge in [0.25, 0.3) is 0 Å². The molecule has 0 aliphatic heterocycles. The Bertz CT molecular complexity index is 1320. The van der Waals surface area contributed by atoms with Gasteiger partial charge in [0.2, 0.25) is 0 Å². The van der Waals surface area contributed by atoms with Crippen molar-refractivity contribution in [2.45, 2.75) is 97.0 Å². The van der Waals surface area contributed by atoms with E-state index in [0.29, 0.717) is 0 Å². The molecular formula is C30H42ClN3O2S2. The number of carbonyl (C=O) groups is 1. The molecule has 4 rings (SSSR count). The normalized spacial score (nSPS) is 16.4. The molecule has 1 aromatic carbocycles. The van der Waals surface area contributed by atoms with Crippen LogP contribution in [-0.2, 0) is 21.4 Å². The average molecular weight is 576 g/mol. The molecule has 2 heterocycles. The molecule has 3 aromatic rings. The molecule has 8 heteroatoms. The van der Waals surface area contributed by atoms with Crippen molar-refractivity contribution in [1.29, 1.82) is 0 Å². The highest BCUT2D eigenvalue weighted by atomic mass is 35.5.